The van der Waals surface area contributed by atoms with Crippen molar-refractivity contribution in [3.8, 4) is 17.1 Å². The first kappa shape index (κ1) is 51.7. The number of hydrogen-bond donors (Lipinski definition) is 0. The number of furan rings is 1. The Labute approximate surface area is 541 Å². The van der Waals surface area contributed by atoms with Gasteiger partial charge in [0.05, 0.1) is 90.3 Å². The maximum Gasteiger partial charge on any atom is 0.159 e. The molecule has 8 nitrogen and oxygen atoms in total. The molecule has 1 fully saturated rings. The predicted molar refractivity (Wildman–Crippen MR) is 389 cm³/mol. The summed E-state index contributed by atoms with van der Waals surface area (Å²) in [5.41, 5.74) is 22.5. The second-order valence-electron chi connectivity index (χ2n) is 25.7. The van der Waals surface area contributed by atoms with E-state index in [-0.39, 0.29) is 6.10 Å². The van der Waals surface area contributed by atoms with Crippen LogP contribution in [0.1, 0.15) is 37.2 Å². The van der Waals surface area contributed by atoms with Crippen molar-refractivity contribution in [1.29, 1.82) is 0 Å². The zero-order chi connectivity index (χ0) is 61.3. The lowest BCUT2D eigenvalue weighted by Gasteiger charge is -2.43. The average molecular weight is 1210 g/mol. The first-order chi connectivity index (χ1) is 46.7. The molecule has 2 unspecified atom stereocenters. The van der Waals surface area contributed by atoms with E-state index < -0.39 is 0 Å². The molecular formula is C86H58N6O2. The number of rotatable bonds is 6. The molecule has 17 aromatic rings. The number of fused-ring (bicyclic) bond motifs is 18. The van der Waals surface area contributed by atoms with E-state index in [4.69, 9.17) is 9.15 Å². The van der Waals surface area contributed by atoms with Crippen LogP contribution in [-0.2, 0) is 0 Å². The number of hydrogen-bond acceptors (Lipinski definition) is 6. The molecule has 6 heterocycles. The fraction of sp³-hybridized carbons (Fsp3) is 0.0698. The predicted octanol–water partition coefficient (Wildman–Crippen LogP) is 24.0. The summed E-state index contributed by atoms with van der Waals surface area (Å²) >= 11 is 0. The van der Waals surface area contributed by atoms with Crippen LogP contribution in [0.5, 0.6) is 5.75 Å². The molecule has 0 amide bonds. The number of benzene rings is 14. The third kappa shape index (κ3) is 7.16. The van der Waals surface area contributed by atoms with Crippen LogP contribution in [0.25, 0.3) is 98.5 Å². The van der Waals surface area contributed by atoms with Crippen LogP contribution in [0.3, 0.4) is 0 Å². The maximum absolute atomic E-state index is 7.25. The molecule has 0 spiro atoms. The summed E-state index contributed by atoms with van der Waals surface area (Å²) < 4.78 is 19.1. The molecule has 0 radical (unpaired) electrons. The quantitative estimate of drug-likeness (QED) is 0.155. The Balaban J connectivity index is 0.865. The van der Waals surface area contributed by atoms with E-state index in [2.05, 4.69) is 320 Å². The van der Waals surface area contributed by atoms with E-state index in [1.165, 1.54) is 34.6 Å². The molecule has 444 valence electrons. The lowest BCUT2D eigenvalue weighted by atomic mass is 9.83. The van der Waals surface area contributed by atoms with Crippen LogP contribution in [0.4, 0.5) is 68.2 Å². The van der Waals surface area contributed by atoms with Gasteiger partial charge in [-0.05, 0) is 122 Å². The van der Waals surface area contributed by atoms with Gasteiger partial charge in [-0.15, -0.1) is 0 Å². The summed E-state index contributed by atoms with van der Waals surface area (Å²) in [5.74, 6) is 1.40. The van der Waals surface area contributed by atoms with Crippen molar-refractivity contribution in [3.63, 3.8) is 0 Å². The Bertz CT molecular complexity index is 5990. The largest absolute Gasteiger partial charge is 0.487 e. The summed E-state index contributed by atoms with van der Waals surface area (Å²) in [6, 6.07) is 108. The minimum atomic E-state index is 0.177. The van der Waals surface area contributed by atoms with E-state index in [1.54, 1.807) is 0 Å². The molecule has 2 atom stereocenters. The smallest absolute Gasteiger partial charge is 0.159 e. The number of anilines is 12. The van der Waals surface area contributed by atoms with Gasteiger partial charge >= 0.3 is 0 Å². The van der Waals surface area contributed by atoms with Crippen LogP contribution in [-0.4, -0.2) is 15.2 Å². The molecular weight excluding hydrogens is 1150 g/mol. The third-order valence-electron chi connectivity index (χ3n) is 20.8. The second-order valence-corrected chi connectivity index (χ2v) is 25.7. The zero-order valence-corrected chi connectivity index (χ0v) is 51.2. The van der Waals surface area contributed by atoms with Crippen LogP contribution >= 0.6 is 0 Å². The van der Waals surface area contributed by atoms with Crippen LogP contribution < -0.4 is 24.3 Å². The van der Waals surface area contributed by atoms with Gasteiger partial charge < -0.3 is 37.9 Å². The monoisotopic (exact) mass is 1210 g/mol. The first-order valence-corrected chi connectivity index (χ1v) is 33.0. The lowest BCUT2D eigenvalue weighted by molar-refractivity contribution is 0.164. The molecule has 21 rings (SSSR count). The van der Waals surface area contributed by atoms with Gasteiger partial charge in [-0.25, -0.2) is 0 Å². The minimum absolute atomic E-state index is 0.177. The highest BCUT2D eigenvalue weighted by molar-refractivity contribution is 6.28. The van der Waals surface area contributed by atoms with Gasteiger partial charge in [0, 0.05) is 76.7 Å². The van der Waals surface area contributed by atoms with Gasteiger partial charge in [-0.3, -0.25) is 0 Å². The average Bonchev–Trinajstić information content (AvgIpc) is 1.14. The van der Waals surface area contributed by atoms with E-state index in [0.717, 1.165) is 169 Å². The Kier molecular flexibility index (Phi) is 10.9. The highest BCUT2D eigenvalue weighted by Gasteiger charge is 2.42. The molecule has 1 aliphatic carbocycles. The van der Waals surface area contributed by atoms with Crippen LogP contribution in [0, 0.1) is 0 Å². The number of aromatic nitrogens is 2. The van der Waals surface area contributed by atoms with Crippen molar-refractivity contribution >= 4 is 155 Å². The van der Waals surface area contributed by atoms with E-state index in [9.17, 15) is 0 Å². The SMILES string of the molecule is c1ccc(-n2c3ccccc3c3cc4c(cc32)N(c2c3ccccc3c(N3c5ccccc5N(c5cccc6c5oc5ccccc56)c5cc6c7ccccc7n(-c7ccccc7)c6cc53)c3ccccc23)c2ccccc2N4c2cccc3c2OC2CCCCC32)cc1. The van der Waals surface area contributed by atoms with Gasteiger partial charge in [-0.2, -0.15) is 0 Å². The second kappa shape index (κ2) is 19.8. The Morgan fingerprint density at radius 1 is 0.277 bits per heavy atom. The minimum Gasteiger partial charge on any atom is -0.487 e. The van der Waals surface area contributed by atoms with Gasteiger partial charge in [0.1, 0.15) is 17.4 Å². The molecule has 8 heteroatoms. The van der Waals surface area contributed by atoms with E-state index in [1.807, 2.05) is 0 Å². The molecule has 0 N–H and O–H groups in total. The zero-order valence-electron chi connectivity index (χ0n) is 51.2. The van der Waals surface area contributed by atoms with Crippen molar-refractivity contribution in [3.05, 3.63) is 297 Å². The third-order valence-corrected chi connectivity index (χ3v) is 20.8. The number of nitrogens with zero attached hydrogens (tertiary/aromatic N) is 6. The summed E-state index contributed by atoms with van der Waals surface area (Å²) in [4.78, 5) is 10.2. The summed E-state index contributed by atoms with van der Waals surface area (Å²) in [7, 11) is 0. The fourth-order valence-corrected chi connectivity index (χ4v) is 17.0. The molecule has 3 aromatic heterocycles. The van der Waals surface area contributed by atoms with E-state index in [0.29, 0.717) is 5.92 Å². The topological polar surface area (TPSA) is 45.2 Å². The first-order valence-electron chi connectivity index (χ1n) is 33.0. The number of ether oxygens (including phenoxy) is 1. The lowest BCUT2D eigenvalue weighted by Crippen LogP contribution is -2.26. The fourth-order valence-electron chi connectivity index (χ4n) is 17.0. The Morgan fingerprint density at radius 2 is 0.681 bits per heavy atom. The van der Waals surface area contributed by atoms with Crippen LogP contribution in [0.15, 0.2) is 296 Å². The summed E-state index contributed by atoms with van der Waals surface area (Å²) in [6.07, 6.45) is 4.81. The molecule has 0 saturated heterocycles. The van der Waals surface area contributed by atoms with E-state index >= 15 is 0 Å². The Hall–Kier alpha value is -12.0. The molecule has 0 bridgehead atoms. The molecule has 1 saturated carbocycles. The normalized spacial score (nSPS) is 15.7. The van der Waals surface area contributed by atoms with Crippen molar-refractivity contribution in [2.45, 2.75) is 37.7 Å². The van der Waals surface area contributed by atoms with Crippen molar-refractivity contribution in [1.82, 2.24) is 9.13 Å². The van der Waals surface area contributed by atoms with Gasteiger partial charge in [0.15, 0.2) is 5.58 Å². The molecule has 4 aliphatic rings. The standard InChI is InChI=1S/C86H58N6O2/c1-3-25-53(26-4-1)87-67-39-15-11-29-55(67)65-49-77-79(51-75(65)87)91(71-43-19-17-41-69(71)89(77)73-45-23-37-63-57-31-13-21-47-81(57)93-85(63)73)83-59-33-7-9-35-61(59)84(62-36-10-8-34-60(62)83)92-72-44-20-18-42-70(72)90(74-46-24-38-64-58-32-14-22-48-82(58)94-86(64)74)78-50-66-56-30-12-16-40-68(56)88(76(66)52-80(78)92)54-27-5-2-6-28-54/h1-13,15-21,23-31,33-47,49-52,58,82H,14,22,32,48H2. The summed E-state index contributed by atoms with van der Waals surface area (Å²) in [6.45, 7) is 0. The van der Waals surface area contributed by atoms with Crippen LogP contribution in [0.2, 0.25) is 0 Å². The van der Waals surface area contributed by atoms with Crippen molar-refractivity contribution in [2.24, 2.45) is 0 Å². The van der Waals surface area contributed by atoms with Crippen molar-refractivity contribution < 1.29 is 9.15 Å². The van der Waals surface area contributed by atoms with Gasteiger partial charge in [-0.1, -0.05) is 194 Å². The maximum atomic E-state index is 7.25. The van der Waals surface area contributed by atoms with Gasteiger partial charge in [0.2, 0.25) is 0 Å². The molecule has 14 aromatic carbocycles. The highest BCUT2D eigenvalue weighted by atomic mass is 16.5. The van der Waals surface area contributed by atoms with Gasteiger partial charge in [0.25, 0.3) is 0 Å². The molecule has 3 aliphatic heterocycles. The highest BCUT2D eigenvalue weighted by Crippen LogP contribution is 2.64. The van der Waals surface area contributed by atoms with Crippen molar-refractivity contribution in [2.75, 3.05) is 19.6 Å². The Morgan fingerprint density at radius 3 is 1.23 bits per heavy atom. The number of para-hydroxylation sites is 11. The molecule has 94 heavy (non-hydrogen) atoms. The summed E-state index contributed by atoms with van der Waals surface area (Å²) in [5, 5.41) is 11.4.